The van der Waals surface area contributed by atoms with Crippen LogP contribution < -0.4 is 4.90 Å². The Morgan fingerprint density at radius 2 is 2.00 bits per heavy atom. The number of rotatable bonds is 1. The fourth-order valence-electron chi connectivity index (χ4n) is 3.36. The van der Waals surface area contributed by atoms with E-state index in [1.807, 2.05) is 0 Å². The van der Waals surface area contributed by atoms with Gasteiger partial charge in [0.15, 0.2) is 0 Å². The van der Waals surface area contributed by atoms with Crippen molar-refractivity contribution in [1.29, 1.82) is 0 Å². The molecule has 2 aliphatic rings. The molecule has 1 aromatic rings. The summed E-state index contributed by atoms with van der Waals surface area (Å²) in [5, 5.41) is 8.74. The van der Waals surface area contributed by atoms with Gasteiger partial charge in [-0.2, -0.15) is 0 Å². The smallest absolute Gasteiger partial charge is 0.240 e. The summed E-state index contributed by atoms with van der Waals surface area (Å²) in [5.74, 6) is 5.20. The third-order valence-electron chi connectivity index (χ3n) is 4.37. The molecule has 1 aliphatic carbocycles. The number of hydrogen-bond donors (Lipinski definition) is 1. The Morgan fingerprint density at radius 3 is 2.71 bits per heavy atom. The summed E-state index contributed by atoms with van der Waals surface area (Å²) in [6, 6.07) is 7.06. The van der Waals surface area contributed by atoms with Crippen molar-refractivity contribution in [3.05, 3.63) is 29.8 Å². The molecule has 4 heteroatoms. The zero-order chi connectivity index (χ0) is 14.9. The summed E-state index contributed by atoms with van der Waals surface area (Å²) in [5.41, 5.74) is 0.817. The van der Waals surface area contributed by atoms with Crippen molar-refractivity contribution >= 4 is 17.5 Å². The minimum absolute atomic E-state index is 0.0581. The molecular formula is C17H17NO3. The molecule has 1 aliphatic heterocycles. The van der Waals surface area contributed by atoms with Gasteiger partial charge in [0.05, 0.1) is 11.1 Å². The molecule has 1 saturated carbocycles. The molecule has 1 N–H and O–H groups in total. The van der Waals surface area contributed by atoms with E-state index in [-0.39, 0.29) is 18.4 Å². The number of imide groups is 1. The minimum atomic E-state index is -0.454. The van der Waals surface area contributed by atoms with Gasteiger partial charge in [-0.1, -0.05) is 30.7 Å². The maximum absolute atomic E-state index is 12.7. The molecule has 1 heterocycles. The van der Waals surface area contributed by atoms with Crippen LogP contribution in [-0.4, -0.2) is 23.5 Å². The molecule has 2 amide bonds. The molecule has 1 spiro atoms. The van der Waals surface area contributed by atoms with Crippen LogP contribution in [0.15, 0.2) is 24.3 Å². The number of amides is 2. The van der Waals surface area contributed by atoms with Gasteiger partial charge < -0.3 is 5.11 Å². The van der Waals surface area contributed by atoms with E-state index in [4.69, 9.17) is 5.11 Å². The largest absolute Gasteiger partial charge is 0.384 e. The lowest BCUT2D eigenvalue weighted by molar-refractivity contribution is -0.125. The Morgan fingerprint density at radius 1 is 1.24 bits per heavy atom. The van der Waals surface area contributed by atoms with Crippen molar-refractivity contribution in [3.63, 3.8) is 0 Å². The minimum Gasteiger partial charge on any atom is -0.384 e. The number of aliphatic hydroxyl groups excluding tert-OH is 1. The van der Waals surface area contributed by atoms with Gasteiger partial charge in [0.2, 0.25) is 11.8 Å². The molecule has 0 radical (unpaired) electrons. The monoisotopic (exact) mass is 283 g/mol. The maximum Gasteiger partial charge on any atom is 0.240 e. The van der Waals surface area contributed by atoms with E-state index in [1.165, 1.54) is 4.90 Å². The zero-order valence-electron chi connectivity index (χ0n) is 11.8. The molecule has 2 fully saturated rings. The average molecular weight is 283 g/mol. The van der Waals surface area contributed by atoms with Crippen LogP contribution in [0.2, 0.25) is 0 Å². The topological polar surface area (TPSA) is 57.6 Å². The number of aliphatic hydroxyl groups is 1. The Kier molecular flexibility index (Phi) is 3.52. The number of anilines is 1. The van der Waals surface area contributed by atoms with Gasteiger partial charge in [-0.3, -0.25) is 14.5 Å². The van der Waals surface area contributed by atoms with E-state index in [2.05, 4.69) is 11.8 Å². The van der Waals surface area contributed by atoms with E-state index in [9.17, 15) is 9.59 Å². The van der Waals surface area contributed by atoms with Crippen molar-refractivity contribution in [1.82, 2.24) is 0 Å². The Bertz CT molecular complexity index is 647. The Balaban J connectivity index is 1.93. The Hall–Kier alpha value is -2.12. The fraction of sp³-hybridized carbons (Fsp3) is 0.412. The van der Waals surface area contributed by atoms with Crippen molar-refractivity contribution in [2.24, 2.45) is 5.41 Å². The molecule has 0 aromatic heterocycles. The third kappa shape index (κ3) is 2.34. The van der Waals surface area contributed by atoms with Gasteiger partial charge in [-0.05, 0) is 31.0 Å². The first kappa shape index (κ1) is 13.8. The van der Waals surface area contributed by atoms with E-state index >= 15 is 0 Å². The van der Waals surface area contributed by atoms with Gasteiger partial charge >= 0.3 is 0 Å². The average Bonchev–Trinajstić information content (AvgIpc) is 3.04. The standard InChI is InChI=1S/C17H17NO3/c19-10-4-6-13-5-3-7-14(11-13)18-15(20)12-17(16(18)21)8-1-2-9-17/h3,5,7,11,19H,1-2,8-10,12H2. The lowest BCUT2D eigenvalue weighted by Gasteiger charge is -2.21. The second kappa shape index (κ2) is 5.34. The van der Waals surface area contributed by atoms with Crippen molar-refractivity contribution in [3.8, 4) is 11.8 Å². The van der Waals surface area contributed by atoms with E-state index < -0.39 is 5.41 Å². The highest BCUT2D eigenvalue weighted by Crippen LogP contribution is 2.47. The highest BCUT2D eigenvalue weighted by Gasteiger charge is 2.53. The van der Waals surface area contributed by atoms with Gasteiger partial charge in [-0.15, -0.1) is 0 Å². The van der Waals surface area contributed by atoms with Crippen LogP contribution in [0.3, 0.4) is 0 Å². The van der Waals surface area contributed by atoms with Crippen LogP contribution in [-0.2, 0) is 9.59 Å². The highest BCUT2D eigenvalue weighted by molar-refractivity contribution is 6.22. The van der Waals surface area contributed by atoms with Crippen molar-refractivity contribution in [2.75, 3.05) is 11.5 Å². The van der Waals surface area contributed by atoms with Crippen LogP contribution in [0.5, 0.6) is 0 Å². The van der Waals surface area contributed by atoms with Gasteiger partial charge in [0.1, 0.15) is 6.61 Å². The molecule has 3 rings (SSSR count). The zero-order valence-corrected chi connectivity index (χ0v) is 11.8. The first-order valence-corrected chi connectivity index (χ1v) is 7.23. The van der Waals surface area contributed by atoms with Gasteiger partial charge in [-0.25, -0.2) is 0 Å². The van der Waals surface area contributed by atoms with E-state index in [0.717, 1.165) is 25.7 Å². The lowest BCUT2D eigenvalue weighted by Crippen LogP contribution is -2.34. The number of benzene rings is 1. The number of carbonyl (C=O) groups excluding carboxylic acids is 2. The molecule has 0 unspecified atom stereocenters. The predicted octanol–water partition coefficient (Wildman–Crippen LogP) is 1.85. The normalized spacial score (nSPS) is 20.0. The molecule has 0 bridgehead atoms. The number of hydrogen-bond acceptors (Lipinski definition) is 3. The second-order valence-corrected chi connectivity index (χ2v) is 5.71. The SMILES string of the molecule is O=C1CC2(CCCC2)C(=O)N1c1cccc(C#CCO)c1. The number of nitrogens with zero attached hydrogens (tertiary/aromatic N) is 1. The van der Waals surface area contributed by atoms with Crippen LogP contribution >= 0.6 is 0 Å². The van der Waals surface area contributed by atoms with Crippen molar-refractivity contribution in [2.45, 2.75) is 32.1 Å². The fourth-order valence-corrected chi connectivity index (χ4v) is 3.36. The number of carbonyl (C=O) groups is 2. The van der Waals surface area contributed by atoms with E-state index in [1.54, 1.807) is 24.3 Å². The molecule has 0 atom stereocenters. The summed E-state index contributed by atoms with van der Waals surface area (Å²) < 4.78 is 0. The van der Waals surface area contributed by atoms with Crippen LogP contribution in [0.1, 0.15) is 37.7 Å². The maximum atomic E-state index is 12.7. The van der Waals surface area contributed by atoms with Crippen LogP contribution in [0, 0.1) is 17.3 Å². The lowest BCUT2D eigenvalue weighted by atomic mass is 9.84. The van der Waals surface area contributed by atoms with E-state index in [0.29, 0.717) is 17.7 Å². The molecule has 108 valence electrons. The first-order valence-electron chi connectivity index (χ1n) is 7.23. The molecular weight excluding hydrogens is 266 g/mol. The molecule has 4 nitrogen and oxygen atoms in total. The first-order chi connectivity index (χ1) is 10.2. The summed E-state index contributed by atoms with van der Waals surface area (Å²) in [7, 11) is 0. The predicted molar refractivity (Wildman–Crippen MR) is 78.4 cm³/mol. The summed E-state index contributed by atoms with van der Waals surface area (Å²) in [4.78, 5) is 26.3. The summed E-state index contributed by atoms with van der Waals surface area (Å²) in [6.45, 7) is -0.213. The summed E-state index contributed by atoms with van der Waals surface area (Å²) >= 11 is 0. The Labute approximate surface area is 123 Å². The summed E-state index contributed by atoms with van der Waals surface area (Å²) in [6.07, 6.45) is 4.01. The van der Waals surface area contributed by atoms with Crippen LogP contribution in [0.25, 0.3) is 0 Å². The van der Waals surface area contributed by atoms with Crippen LogP contribution in [0.4, 0.5) is 5.69 Å². The van der Waals surface area contributed by atoms with Gasteiger partial charge in [0.25, 0.3) is 0 Å². The highest BCUT2D eigenvalue weighted by atomic mass is 16.2. The quantitative estimate of drug-likeness (QED) is 0.632. The second-order valence-electron chi connectivity index (χ2n) is 5.71. The molecule has 21 heavy (non-hydrogen) atoms. The third-order valence-corrected chi connectivity index (χ3v) is 4.37. The van der Waals surface area contributed by atoms with Gasteiger partial charge in [0, 0.05) is 12.0 Å². The molecule has 1 aromatic carbocycles. The molecule has 1 saturated heterocycles. The van der Waals surface area contributed by atoms with Crippen molar-refractivity contribution < 1.29 is 14.7 Å².